The highest BCUT2D eigenvalue weighted by Gasteiger charge is 1.96. The lowest BCUT2D eigenvalue weighted by molar-refractivity contribution is 0.442. The molecule has 0 fully saturated rings. The Bertz CT molecular complexity index is 265. The quantitative estimate of drug-likeness (QED) is 0.667. The molecule has 0 atom stereocenters. The predicted molar refractivity (Wildman–Crippen MR) is 34.3 cm³/mol. The molecule has 9 heavy (non-hydrogen) atoms. The molecule has 0 saturated heterocycles. The third kappa shape index (κ3) is 1.32. The fourth-order valence-electron chi connectivity index (χ4n) is 0.385. The summed E-state index contributed by atoms with van der Waals surface area (Å²) in [5.74, 6) is -0.105. The molecule has 1 N–H and O–H groups in total. The minimum absolute atomic E-state index is 0.105. The van der Waals surface area contributed by atoms with E-state index in [-0.39, 0.29) is 5.75 Å². The van der Waals surface area contributed by atoms with E-state index in [1.807, 2.05) is 0 Å². The van der Waals surface area contributed by atoms with Gasteiger partial charge in [-0.15, -0.1) is 0 Å². The van der Waals surface area contributed by atoms with Crippen molar-refractivity contribution in [3.8, 4) is 5.75 Å². The zero-order valence-electron chi connectivity index (χ0n) is 4.30. The van der Waals surface area contributed by atoms with Gasteiger partial charge in [0.25, 0.3) is 0 Å². The van der Waals surface area contributed by atoms with Crippen LogP contribution in [-0.2, 0) is 0 Å². The van der Waals surface area contributed by atoms with E-state index in [9.17, 15) is 4.79 Å². The molecule has 0 radical (unpaired) electrons. The van der Waals surface area contributed by atoms with Crippen LogP contribution < -0.4 is 5.63 Å². The largest absolute Gasteiger partial charge is 0.506 e. The molecule has 0 bridgehead atoms. The Morgan fingerprint density at radius 3 is 2.78 bits per heavy atom. The van der Waals surface area contributed by atoms with Gasteiger partial charge in [0.15, 0.2) is 0 Å². The van der Waals surface area contributed by atoms with E-state index in [2.05, 4.69) is 20.3 Å². The van der Waals surface area contributed by atoms with Crippen LogP contribution in [0, 0.1) is 0 Å². The van der Waals surface area contributed by atoms with Crippen LogP contribution in [0.15, 0.2) is 26.0 Å². The van der Waals surface area contributed by atoms with E-state index >= 15 is 0 Å². The summed E-state index contributed by atoms with van der Waals surface area (Å²) in [6.45, 7) is 0. The van der Waals surface area contributed by atoms with Gasteiger partial charge in [0.05, 0.1) is 10.5 Å². The van der Waals surface area contributed by atoms with Crippen LogP contribution in [0.25, 0.3) is 0 Å². The van der Waals surface area contributed by atoms with Crippen molar-refractivity contribution in [2.24, 2.45) is 0 Å². The molecular weight excluding hydrogens is 188 g/mol. The summed E-state index contributed by atoms with van der Waals surface area (Å²) in [4.78, 5) is 10.3. The molecule has 0 amide bonds. The summed E-state index contributed by atoms with van der Waals surface area (Å²) in [5.41, 5.74) is -0.560. The molecule has 3 nitrogen and oxygen atoms in total. The maximum atomic E-state index is 10.3. The van der Waals surface area contributed by atoms with Gasteiger partial charge in [-0.05, 0) is 15.9 Å². The van der Waals surface area contributed by atoms with Gasteiger partial charge in [-0.2, -0.15) is 0 Å². The fraction of sp³-hybridized carbons (Fsp3) is 0. The molecule has 0 aliphatic heterocycles. The normalized spacial score (nSPS) is 9.44. The highest BCUT2D eigenvalue weighted by atomic mass is 79.9. The molecule has 0 saturated carbocycles. The highest BCUT2D eigenvalue weighted by molar-refractivity contribution is 9.10. The monoisotopic (exact) mass is 190 g/mol. The van der Waals surface area contributed by atoms with Crippen LogP contribution in [0.1, 0.15) is 0 Å². The van der Waals surface area contributed by atoms with Gasteiger partial charge in [-0.1, -0.05) is 0 Å². The molecule has 4 heteroatoms. The maximum absolute atomic E-state index is 10.3. The highest BCUT2D eigenvalue weighted by Crippen LogP contribution is 2.19. The number of hydrogen-bond acceptors (Lipinski definition) is 3. The van der Waals surface area contributed by atoms with Crippen LogP contribution in [0.2, 0.25) is 0 Å². The molecule has 0 aliphatic carbocycles. The third-order valence-corrected chi connectivity index (χ3v) is 1.37. The average molecular weight is 191 g/mol. The van der Waals surface area contributed by atoms with Crippen LogP contribution in [0.4, 0.5) is 0 Å². The minimum Gasteiger partial charge on any atom is -0.506 e. The zero-order chi connectivity index (χ0) is 6.85. The van der Waals surface area contributed by atoms with Crippen molar-refractivity contribution in [1.82, 2.24) is 0 Å². The van der Waals surface area contributed by atoms with Crippen molar-refractivity contribution < 1.29 is 9.52 Å². The molecule has 0 aliphatic rings. The van der Waals surface area contributed by atoms with Crippen LogP contribution in [0.5, 0.6) is 5.75 Å². The number of hydrogen-bond donors (Lipinski definition) is 1. The van der Waals surface area contributed by atoms with Gasteiger partial charge >= 0.3 is 5.63 Å². The standard InChI is InChI=1S/C5H3BrO3/c6-3-2-9-5(8)1-4(3)7/h1-2,7H. The predicted octanol–water partition coefficient (Wildman–Crippen LogP) is 1.11. The summed E-state index contributed by atoms with van der Waals surface area (Å²) >= 11 is 2.95. The third-order valence-electron chi connectivity index (χ3n) is 0.778. The lowest BCUT2D eigenvalue weighted by Crippen LogP contribution is -1.93. The van der Waals surface area contributed by atoms with E-state index in [1.165, 1.54) is 0 Å². The second-order valence-corrected chi connectivity index (χ2v) is 2.29. The fourth-order valence-corrected chi connectivity index (χ4v) is 0.593. The van der Waals surface area contributed by atoms with Crippen LogP contribution in [-0.4, -0.2) is 5.11 Å². The Labute approximate surface area is 59.1 Å². The van der Waals surface area contributed by atoms with E-state index in [4.69, 9.17) is 5.11 Å². The first-order valence-corrected chi connectivity index (χ1v) is 2.97. The second kappa shape index (κ2) is 2.23. The smallest absolute Gasteiger partial charge is 0.339 e. The number of aromatic hydroxyl groups is 1. The van der Waals surface area contributed by atoms with Gasteiger partial charge in [-0.3, -0.25) is 0 Å². The van der Waals surface area contributed by atoms with Gasteiger partial charge in [-0.25, -0.2) is 4.79 Å². The van der Waals surface area contributed by atoms with Gasteiger partial charge in [0.1, 0.15) is 12.0 Å². The molecule has 48 valence electrons. The zero-order valence-corrected chi connectivity index (χ0v) is 5.88. The first-order chi connectivity index (χ1) is 4.20. The Hall–Kier alpha value is -0.770. The average Bonchev–Trinajstić information content (AvgIpc) is 1.80. The topological polar surface area (TPSA) is 50.4 Å². The lowest BCUT2D eigenvalue weighted by Gasteiger charge is -1.89. The summed E-state index contributed by atoms with van der Waals surface area (Å²) in [6, 6.07) is 0.990. The van der Waals surface area contributed by atoms with Crippen molar-refractivity contribution in [3.63, 3.8) is 0 Å². The molecule has 1 rings (SSSR count). The molecular formula is C5H3BrO3. The van der Waals surface area contributed by atoms with Crippen molar-refractivity contribution in [1.29, 1.82) is 0 Å². The van der Waals surface area contributed by atoms with E-state index < -0.39 is 5.63 Å². The SMILES string of the molecule is O=c1cc(O)c(Br)co1. The van der Waals surface area contributed by atoms with Crippen molar-refractivity contribution in [2.45, 2.75) is 0 Å². The second-order valence-electron chi connectivity index (χ2n) is 1.43. The van der Waals surface area contributed by atoms with Crippen LogP contribution >= 0.6 is 15.9 Å². The Morgan fingerprint density at radius 2 is 2.33 bits per heavy atom. The van der Waals surface area contributed by atoms with Crippen molar-refractivity contribution in [3.05, 3.63) is 27.2 Å². The lowest BCUT2D eigenvalue weighted by atomic mass is 10.5. The van der Waals surface area contributed by atoms with Crippen molar-refractivity contribution in [2.75, 3.05) is 0 Å². The van der Waals surface area contributed by atoms with E-state index in [0.717, 1.165) is 12.3 Å². The first kappa shape index (κ1) is 6.35. The number of halogens is 1. The van der Waals surface area contributed by atoms with Crippen LogP contribution in [0.3, 0.4) is 0 Å². The van der Waals surface area contributed by atoms with E-state index in [0.29, 0.717) is 4.47 Å². The molecule has 1 aromatic heterocycles. The molecule has 1 heterocycles. The Balaban J connectivity index is 3.34. The number of rotatable bonds is 0. The molecule has 1 aromatic rings. The summed E-state index contributed by atoms with van der Waals surface area (Å²) in [6.07, 6.45) is 1.14. The molecule has 0 aromatic carbocycles. The van der Waals surface area contributed by atoms with Gasteiger partial charge in [0.2, 0.25) is 0 Å². The Morgan fingerprint density at radius 1 is 1.67 bits per heavy atom. The summed E-state index contributed by atoms with van der Waals surface area (Å²) in [7, 11) is 0. The summed E-state index contributed by atoms with van der Waals surface area (Å²) < 4.78 is 4.75. The Kier molecular flexibility index (Phi) is 1.57. The van der Waals surface area contributed by atoms with Crippen molar-refractivity contribution >= 4 is 15.9 Å². The van der Waals surface area contributed by atoms with E-state index in [1.54, 1.807) is 0 Å². The minimum atomic E-state index is -0.560. The molecule has 0 spiro atoms. The molecule has 0 unspecified atom stereocenters. The maximum Gasteiger partial charge on any atom is 0.339 e. The first-order valence-electron chi connectivity index (χ1n) is 2.17. The van der Waals surface area contributed by atoms with Gasteiger partial charge < -0.3 is 9.52 Å². The summed E-state index contributed by atoms with van der Waals surface area (Å²) in [5, 5.41) is 8.79. The van der Waals surface area contributed by atoms with Gasteiger partial charge in [0, 0.05) is 0 Å².